The SMILES string of the molecule is Cl.O=C1CCC(N2C(=O)c3cnc(N4CCNCC4)nc3C2=O)C(=O)N1. The lowest BCUT2D eigenvalue weighted by atomic mass is 10.0. The van der Waals surface area contributed by atoms with Gasteiger partial charge in [0.1, 0.15) is 11.7 Å². The molecule has 0 aromatic carbocycles. The smallest absolute Gasteiger partial charge is 0.281 e. The Labute approximate surface area is 154 Å². The summed E-state index contributed by atoms with van der Waals surface area (Å²) >= 11 is 0. The van der Waals surface area contributed by atoms with Gasteiger partial charge in [0.2, 0.25) is 17.8 Å². The van der Waals surface area contributed by atoms with E-state index in [9.17, 15) is 19.2 Å². The predicted molar refractivity (Wildman–Crippen MR) is 91.0 cm³/mol. The summed E-state index contributed by atoms with van der Waals surface area (Å²) in [6.07, 6.45) is 1.54. The maximum atomic E-state index is 12.7. The van der Waals surface area contributed by atoms with Gasteiger partial charge in [-0.05, 0) is 6.42 Å². The summed E-state index contributed by atoms with van der Waals surface area (Å²) in [7, 11) is 0. The number of carbonyl (C=O) groups is 4. The number of aromatic nitrogens is 2. The van der Waals surface area contributed by atoms with Gasteiger partial charge in [0.05, 0.1) is 5.56 Å². The topological polar surface area (TPSA) is 125 Å². The molecule has 0 spiro atoms. The molecule has 0 saturated carbocycles. The zero-order valence-electron chi connectivity index (χ0n) is 13.7. The number of fused-ring (bicyclic) bond motifs is 1. The average Bonchev–Trinajstić information content (AvgIpc) is 2.87. The molecule has 138 valence electrons. The molecule has 1 atom stereocenters. The summed E-state index contributed by atoms with van der Waals surface area (Å²) in [5.41, 5.74) is 0.104. The van der Waals surface area contributed by atoms with Gasteiger partial charge in [0.15, 0.2) is 0 Å². The third-order valence-corrected chi connectivity index (χ3v) is 4.57. The molecule has 2 N–H and O–H groups in total. The Balaban J connectivity index is 0.00000196. The number of hydrogen-bond acceptors (Lipinski definition) is 8. The molecule has 4 rings (SSSR count). The largest absolute Gasteiger partial charge is 0.338 e. The molecule has 2 saturated heterocycles. The van der Waals surface area contributed by atoms with E-state index in [2.05, 4.69) is 20.6 Å². The van der Waals surface area contributed by atoms with E-state index in [1.807, 2.05) is 4.90 Å². The Morgan fingerprint density at radius 3 is 2.50 bits per heavy atom. The zero-order valence-corrected chi connectivity index (χ0v) is 14.5. The summed E-state index contributed by atoms with van der Waals surface area (Å²) in [4.78, 5) is 59.8. The van der Waals surface area contributed by atoms with E-state index in [0.29, 0.717) is 19.0 Å². The molecule has 11 heteroatoms. The first-order valence-corrected chi connectivity index (χ1v) is 8.10. The molecule has 4 heterocycles. The van der Waals surface area contributed by atoms with Crippen molar-refractivity contribution < 1.29 is 19.2 Å². The number of nitrogens with one attached hydrogen (secondary N) is 2. The minimum atomic E-state index is -0.991. The fourth-order valence-corrected chi connectivity index (χ4v) is 3.26. The van der Waals surface area contributed by atoms with E-state index < -0.39 is 29.7 Å². The standard InChI is InChI=1S/C15H16N6O4.ClH/c22-10-2-1-9(12(23)18-10)21-13(24)8-7-17-15(19-11(8)14(21)25)20-5-3-16-4-6-20;/h7,9,16H,1-6H2,(H,18,22,23);1H. The summed E-state index contributed by atoms with van der Waals surface area (Å²) in [5.74, 6) is -1.86. The van der Waals surface area contributed by atoms with E-state index in [1.54, 1.807) is 0 Å². The molecule has 1 aromatic rings. The van der Waals surface area contributed by atoms with Crippen LogP contribution in [-0.2, 0) is 9.59 Å². The van der Waals surface area contributed by atoms with E-state index in [1.165, 1.54) is 6.20 Å². The molecular weight excluding hydrogens is 364 g/mol. The van der Waals surface area contributed by atoms with E-state index in [-0.39, 0.29) is 36.5 Å². The fourth-order valence-electron chi connectivity index (χ4n) is 3.26. The number of imide groups is 2. The number of halogens is 1. The third kappa shape index (κ3) is 2.90. The van der Waals surface area contributed by atoms with Gasteiger partial charge in [-0.15, -0.1) is 12.4 Å². The lowest BCUT2D eigenvalue weighted by Crippen LogP contribution is -2.54. The molecular formula is C15H17ClN6O4. The minimum absolute atomic E-state index is 0. The zero-order chi connectivity index (χ0) is 17.6. The highest BCUT2D eigenvalue weighted by Crippen LogP contribution is 2.27. The maximum Gasteiger partial charge on any atom is 0.281 e. The Bertz CT molecular complexity index is 794. The monoisotopic (exact) mass is 380 g/mol. The van der Waals surface area contributed by atoms with Gasteiger partial charge in [-0.1, -0.05) is 0 Å². The van der Waals surface area contributed by atoms with Crippen LogP contribution in [0.25, 0.3) is 0 Å². The lowest BCUT2D eigenvalue weighted by molar-refractivity contribution is -0.136. The van der Waals surface area contributed by atoms with Crippen LogP contribution < -0.4 is 15.5 Å². The fraction of sp³-hybridized carbons (Fsp3) is 0.467. The van der Waals surface area contributed by atoms with Crippen molar-refractivity contribution in [2.45, 2.75) is 18.9 Å². The molecule has 3 aliphatic heterocycles. The average molecular weight is 381 g/mol. The van der Waals surface area contributed by atoms with Crippen molar-refractivity contribution in [1.82, 2.24) is 25.5 Å². The quantitative estimate of drug-likeness (QED) is 0.607. The van der Waals surface area contributed by atoms with Crippen molar-refractivity contribution >= 4 is 42.0 Å². The van der Waals surface area contributed by atoms with E-state index in [0.717, 1.165) is 18.0 Å². The van der Waals surface area contributed by atoms with Crippen LogP contribution in [0.1, 0.15) is 33.7 Å². The van der Waals surface area contributed by atoms with Crippen molar-refractivity contribution in [3.63, 3.8) is 0 Å². The molecule has 0 aliphatic carbocycles. The number of nitrogens with zero attached hydrogens (tertiary/aromatic N) is 4. The number of piperidine rings is 1. The molecule has 0 bridgehead atoms. The number of piperazine rings is 1. The first-order chi connectivity index (χ1) is 12.1. The highest BCUT2D eigenvalue weighted by Gasteiger charge is 2.46. The van der Waals surface area contributed by atoms with Gasteiger partial charge in [0.25, 0.3) is 11.8 Å². The molecule has 1 unspecified atom stereocenters. The van der Waals surface area contributed by atoms with Crippen LogP contribution in [0.4, 0.5) is 5.95 Å². The van der Waals surface area contributed by atoms with Crippen LogP contribution >= 0.6 is 12.4 Å². The molecule has 3 aliphatic rings. The summed E-state index contributed by atoms with van der Waals surface area (Å²) in [6, 6.07) is -0.991. The summed E-state index contributed by atoms with van der Waals surface area (Å²) < 4.78 is 0. The number of amides is 4. The molecule has 26 heavy (non-hydrogen) atoms. The first-order valence-electron chi connectivity index (χ1n) is 8.10. The van der Waals surface area contributed by atoms with Crippen molar-refractivity contribution in [2.24, 2.45) is 0 Å². The van der Waals surface area contributed by atoms with E-state index in [4.69, 9.17) is 0 Å². The molecule has 0 radical (unpaired) electrons. The predicted octanol–water partition coefficient (Wildman–Crippen LogP) is -1.29. The normalized spacial score (nSPS) is 22.8. The Morgan fingerprint density at radius 2 is 1.81 bits per heavy atom. The molecule has 1 aromatic heterocycles. The maximum absolute atomic E-state index is 12.7. The van der Waals surface area contributed by atoms with Crippen molar-refractivity contribution in [1.29, 1.82) is 0 Å². The van der Waals surface area contributed by atoms with Gasteiger partial charge in [-0.3, -0.25) is 29.4 Å². The number of carbonyl (C=O) groups excluding carboxylic acids is 4. The van der Waals surface area contributed by atoms with Crippen LogP contribution in [-0.4, -0.2) is 70.7 Å². The second kappa shape index (κ2) is 6.96. The van der Waals surface area contributed by atoms with Crippen molar-refractivity contribution in [3.8, 4) is 0 Å². The van der Waals surface area contributed by atoms with Gasteiger partial charge < -0.3 is 10.2 Å². The van der Waals surface area contributed by atoms with Gasteiger partial charge in [-0.2, -0.15) is 0 Å². The Kier molecular flexibility index (Phi) is 4.88. The third-order valence-electron chi connectivity index (χ3n) is 4.57. The highest BCUT2D eigenvalue weighted by atomic mass is 35.5. The summed E-state index contributed by atoms with van der Waals surface area (Å²) in [5, 5.41) is 5.37. The Hall–Kier alpha value is -2.59. The van der Waals surface area contributed by atoms with Crippen LogP contribution in [0.5, 0.6) is 0 Å². The van der Waals surface area contributed by atoms with Crippen LogP contribution in [0.3, 0.4) is 0 Å². The first kappa shape index (κ1) is 18.2. The Morgan fingerprint density at radius 1 is 1.08 bits per heavy atom. The van der Waals surface area contributed by atoms with Gasteiger partial charge in [-0.25, -0.2) is 9.97 Å². The summed E-state index contributed by atoms with van der Waals surface area (Å²) in [6.45, 7) is 2.99. The van der Waals surface area contributed by atoms with Crippen molar-refractivity contribution in [2.75, 3.05) is 31.1 Å². The van der Waals surface area contributed by atoms with E-state index >= 15 is 0 Å². The van der Waals surface area contributed by atoms with Crippen LogP contribution in [0.2, 0.25) is 0 Å². The highest BCUT2D eigenvalue weighted by molar-refractivity contribution is 6.22. The number of anilines is 1. The number of hydrogen-bond donors (Lipinski definition) is 2. The van der Waals surface area contributed by atoms with Gasteiger partial charge >= 0.3 is 0 Å². The second-order valence-electron chi connectivity index (χ2n) is 6.12. The lowest BCUT2D eigenvalue weighted by Gasteiger charge is -2.27. The molecule has 2 fully saturated rings. The van der Waals surface area contributed by atoms with Crippen molar-refractivity contribution in [3.05, 3.63) is 17.5 Å². The van der Waals surface area contributed by atoms with Crippen LogP contribution in [0, 0.1) is 0 Å². The van der Waals surface area contributed by atoms with Crippen LogP contribution in [0.15, 0.2) is 6.20 Å². The second-order valence-corrected chi connectivity index (χ2v) is 6.12. The molecule has 4 amide bonds. The minimum Gasteiger partial charge on any atom is -0.338 e. The molecule has 10 nitrogen and oxygen atoms in total. The number of rotatable bonds is 2. The van der Waals surface area contributed by atoms with Gasteiger partial charge in [0, 0.05) is 38.8 Å².